The fourth-order valence-electron chi connectivity index (χ4n) is 3.32. The minimum Gasteiger partial charge on any atom is -0.489 e. The van der Waals surface area contributed by atoms with E-state index in [2.05, 4.69) is 10.3 Å². The molecule has 2 heterocycles. The van der Waals surface area contributed by atoms with Crippen molar-refractivity contribution >= 4 is 5.91 Å². The summed E-state index contributed by atoms with van der Waals surface area (Å²) in [6, 6.07) is 11.3. The molecule has 5 nitrogen and oxygen atoms in total. The van der Waals surface area contributed by atoms with Crippen molar-refractivity contribution in [1.82, 2.24) is 15.2 Å². The molecule has 138 valence electrons. The van der Waals surface area contributed by atoms with Crippen molar-refractivity contribution in [2.75, 3.05) is 26.7 Å². The van der Waals surface area contributed by atoms with Gasteiger partial charge in [0, 0.05) is 36.6 Å². The Hall–Kier alpha value is -2.40. The Bertz CT molecular complexity index is 697. The molecule has 0 saturated carbocycles. The van der Waals surface area contributed by atoms with Crippen LogP contribution in [0.2, 0.25) is 0 Å². The first-order valence-electron chi connectivity index (χ1n) is 9.32. The quantitative estimate of drug-likeness (QED) is 0.831. The first-order chi connectivity index (χ1) is 12.8. The van der Waals surface area contributed by atoms with E-state index in [4.69, 9.17) is 4.74 Å². The molecule has 0 aliphatic carbocycles. The van der Waals surface area contributed by atoms with Crippen molar-refractivity contribution in [3.8, 4) is 5.75 Å². The van der Waals surface area contributed by atoms with Gasteiger partial charge in [-0.15, -0.1) is 0 Å². The molecule has 0 atom stereocenters. The van der Waals surface area contributed by atoms with Crippen LogP contribution >= 0.6 is 0 Å². The van der Waals surface area contributed by atoms with E-state index in [1.54, 1.807) is 12.4 Å². The van der Waals surface area contributed by atoms with E-state index >= 15 is 0 Å². The summed E-state index contributed by atoms with van der Waals surface area (Å²) in [5.41, 5.74) is 1.70. The lowest BCUT2D eigenvalue weighted by atomic mass is 9.93. The third-order valence-corrected chi connectivity index (χ3v) is 4.91. The second-order valence-corrected chi connectivity index (χ2v) is 6.81. The van der Waals surface area contributed by atoms with E-state index in [0.29, 0.717) is 17.9 Å². The van der Waals surface area contributed by atoms with E-state index < -0.39 is 0 Å². The highest BCUT2D eigenvalue weighted by Gasteiger charge is 2.23. The van der Waals surface area contributed by atoms with Gasteiger partial charge in [0.25, 0.3) is 5.91 Å². The number of piperidine rings is 1. The fraction of sp³-hybridized carbons (Fsp3) is 0.429. The number of ether oxygens (including phenoxy) is 1. The monoisotopic (exact) mass is 353 g/mol. The maximum Gasteiger partial charge on any atom is 0.253 e. The van der Waals surface area contributed by atoms with Gasteiger partial charge in [-0.3, -0.25) is 9.78 Å². The van der Waals surface area contributed by atoms with Crippen molar-refractivity contribution in [3.05, 3.63) is 59.9 Å². The Labute approximate surface area is 155 Å². The smallest absolute Gasteiger partial charge is 0.253 e. The summed E-state index contributed by atoms with van der Waals surface area (Å²) >= 11 is 0. The molecule has 1 saturated heterocycles. The number of carbonyl (C=O) groups is 1. The van der Waals surface area contributed by atoms with Crippen molar-refractivity contribution < 1.29 is 9.53 Å². The van der Waals surface area contributed by atoms with Crippen LogP contribution < -0.4 is 10.1 Å². The van der Waals surface area contributed by atoms with Crippen LogP contribution in [0.4, 0.5) is 0 Å². The normalized spacial score (nSPS) is 15.0. The molecule has 1 aromatic heterocycles. The molecular weight excluding hydrogens is 326 g/mol. The first-order valence-corrected chi connectivity index (χ1v) is 9.32. The van der Waals surface area contributed by atoms with Crippen molar-refractivity contribution in [2.45, 2.75) is 25.9 Å². The zero-order valence-corrected chi connectivity index (χ0v) is 15.4. The molecule has 1 N–H and O–H groups in total. The van der Waals surface area contributed by atoms with Crippen molar-refractivity contribution in [1.29, 1.82) is 0 Å². The molecule has 0 radical (unpaired) electrons. The van der Waals surface area contributed by atoms with E-state index in [1.165, 1.54) is 6.42 Å². The van der Waals surface area contributed by atoms with Crippen LogP contribution in [-0.4, -0.2) is 42.5 Å². The Morgan fingerprint density at radius 3 is 2.85 bits per heavy atom. The SMILES string of the molecule is CNCCC1CCN(C(=O)c2cccc(OCc3cccnc3)c2)CC1. The molecule has 2 aromatic rings. The van der Waals surface area contributed by atoms with E-state index in [0.717, 1.165) is 44.0 Å². The van der Waals surface area contributed by atoms with E-state index in [-0.39, 0.29) is 5.91 Å². The third kappa shape index (κ3) is 5.05. The zero-order valence-electron chi connectivity index (χ0n) is 15.4. The van der Waals surface area contributed by atoms with Gasteiger partial charge in [0.15, 0.2) is 0 Å². The summed E-state index contributed by atoms with van der Waals surface area (Å²) in [5.74, 6) is 1.54. The maximum atomic E-state index is 12.8. The molecule has 26 heavy (non-hydrogen) atoms. The molecule has 1 aliphatic rings. The predicted octanol–water partition coefficient (Wildman–Crippen LogP) is 3.12. The van der Waals surface area contributed by atoms with Gasteiger partial charge in [-0.25, -0.2) is 0 Å². The van der Waals surface area contributed by atoms with Crippen LogP contribution in [-0.2, 0) is 6.61 Å². The Morgan fingerprint density at radius 1 is 1.27 bits per heavy atom. The highest BCUT2D eigenvalue weighted by molar-refractivity contribution is 5.94. The Balaban J connectivity index is 1.55. The van der Waals surface area contributed by atoms with E-state index in [1.807, 2.05) is 48.3 Å². The predicted molar refractivity (Wildman–Crippen MR) is 102 cm³/mol. The lowest BCUT2D eigenvalue weighted by Crippen LogP contribution is -2.38. The zero-order chi connectivity index (χ0) is 18.2. The van der Waals surface area contributed by atoms with Crippen LogP contribution in [0.1, 0.15) is 35.2 Å². The van der Waals surface area contributed by atoms with Gasteiger partial charge in [-0.05, 0) is 63.0 Å². The number of aromatic nitrogens is 1. The molecule has 0 bridgehead atoms. The second-order valence-electron chi connectivity index (χ2n) is 6.81. The molecule has 0 unspecified atom stereocenters. The lowest BCUT2D eigenvalue weighted by molar-refractivity contribution is 0.0686. The molecule has 0 spiro atoms. The number of rotatable bonds is 7. The average molecular weight is 353 g/mol. The number of nitrogens with one attached hydrogen (secondary N) is 1. The number of likely N-dealkylation sites (tertiary alicyclic amines) is 1. The minimum absolute atomic E-state index is 0.101. The summed E-state index contributed by atoms with van der Waals surface area (Å²) in [7, 11) is 1.99. The summed E-state index contributed by atoms with van der Waals surface area (Å²) < 4.78 is 5.81. The topological polar surface area (TPSA) is 54.5 Å². The summed E-state index contributed by atoms with van der Waals surface area (Å²) in [6.07, 6.45) is 6.89. The first kappa shape index (κ1) is 18.4. The molecule has 5 heteroatoms. The number of benzene rings is 1. The van der Waals surface area contributed by atoms with Crippen LogP contribution in [0.25, 0.3) is 0 Å². The van der Waals surface area contributed by atoms with Gasteiger partial charge in [0.05, 0.1) is 0 Å². The highest BCUT2D eigenvalue weighted by Crippen LogP contribution is 2.23. The Kier molecular flexibility index (Phi) is 6.61. The summed E-state index contributed by atoms with van der Waals surface area (Å²) in [4.78, 5) is 18.8. The van der Waals surface area contributed by atoms with Crippen LogP contribution in [0.3, 0.4) is 0 Å². The van der Waals surface area contributed by atoms with Gasteiger partial charge in [-0.2, -0.15) is 0 Å². The number of carbonyl (C=O) groups excluding carboxylic acids is 1. The Morgan fingerprint density at radius 2 is 2.12 bits per heavy atom. The number of hydrogen-bond donors (Lipinski definition) is 1. The number of nitrogens with zero attached hydrogens (tertiary/aromatic N) is 2. The molecule has 1 aliphatic heterocycles. The molecule has 1 aromatic carbocycles. The van der Waals surface area contributed by atoms with Crippen LogP contribution in [0, 0.1) is 5.92 Å². The average Bonchev–Trinajstić information content (AvgIpc) is 2.71. The molecule has 1 amide bonds. The molecule has 3 rings (SSSR count). The van der Waals surface area contributed by atoms with Crippen LogP contribution in [0.15, 0.2) is 48.8 Å². The number of pyridine rings is 1. The van der Waals surface area contributed by atoms with E-state index in [9.17, 15) is 4.79 Å². The second kappa shape index (κ2) is 9.34. The molecule has 1 fully saturated rings. The van der Waals surface area contributed by atoms with Crippen molar-refractivity contribution in [3.63, 3.8) is 0 Å². The van der Waals surface area contributed by atoms with Gasteiger partial charge in [0.2, 0.25) is 0 Å². The fourth-order valence-corrected chi connectivity index (χ4v) is 3.32. The van der Waals surface area contributed by atoms with Gasteiger partial charge < -0.3 is 15.0 Å². The highest BCUT2D eigenvalue weighted by atomic mass is 16.5. The van der Waals surface area contributed by atoms with Gasteiger partial charge in [-0.1, -0.05) is 12.1 Å². The van der Waals surface area contributed by atoms with Crippen LogP contribution in [0.5, 0.6) is 5.75 Å². The lowest BCUT2D eigenvalue weighted by Gasteiger charge is -2.32. The molecular formula is C21H27N3O2. The maximum absolute atomic E-state index is 12.8. The minimum atomic E-state index is 0.101. The number of amides is 1. The van der Waals surface area contributed by atoms with Gasteiger partial charge in [0.1, 0.15) is 12.4 Å². The number of hydrogen-bond acceptors (Lipinski definition) is 4. The summed E-state index contributed by atoms with van der Waals surface area (Å²) in [6.45, 7) is 3.18. The van der Waals surface area contributed by atoms with Gasteiger partial charge >= 0.3 is 0 Å². The summed E-state index contributed by atoms with van der Waals surface area (Å²) in [5, 5.41) is 3.21. The van der Waals surface area contributed by atoms with Crippen molar-refractivity contribution in [2.24, 2.45) is 5.92 Å². The standard InChI is InChI=1S/C21H27N3O2/c1-22-11-7-17-8-12-24(13-9-17)21(25)19-5-2-6-20(14-19)26-16-18-4-3-10-23-15-18/h2-6,10,14-15,17,22H,7-9,11-13,16H2,1H3. The largest absolute Gasteiger partial charge is 0.489 e. The third-order valence-electron chi connectivity index (χ3n) is 4.91.